The van der Waals surface area contributed by atoms with Gasteiger partial charge in [0.05, 0.1) is 18.7 Å². The number of halogens is 1. The maximum absolute atomic E-state index is 5.25. The molecule has 1 fully saturated rings. The van der Waals surface area contributed by atoms with Gasteiger partial charge >= 0.3 is 0 Å². The predicted octanol–water partition coefficient (Wildman–Crippen LogP) is 4.17. The molecule has 1 aromatic carbocycles. The van der Waals surface area contributed by atoms with Crippen molar-refractivity contribution in [2.24, 2.45) is 5.92 Å². The Bertz CT molecular complexity index is 558. The van der Waals surface area contributed by atoms with Crippen LogP contribution in [-0.2, 0) is 0 Å². The summed E-state index contributed by atoms with van der Waals surface area (Å²) in [4.78, 5) is 0. The Morgan fingerprint density at radius 2 is 2.11 bits per heavy atom. The summed E-state index contributed by atoms with van der Waals surface area (Å²) in [6.07, 6.45) is 7.25. The molecule has 2 aromatic rings. The summed E-state index contributed by atoms with van der Waals surface area (Å²) in [5, 5.41) is 7.06. The van der Waals surface area contributed by atoms with Gasteiger partial charge in [0.2, 0.25) is 0 Å². The highest BCUT2D eigenvalue weighted by Crippen LogP contribution is 2.33. The summed E-state index contributed by atoms with van der Waals surface area (Å²) in [6, 6.07) is 6.65. The third kappa shape index (κ3) is 2.64. The molecule has 102 valence electrons. The summed E-state index contributed by atoms with van der Waals surface area (Å²) in [7, 11) is 1.69. The third-order valence-corrected chi connectivity index (χ3v) is 5.06. The molecule has 0 saturated heterocycles. The van der Waals surface area contributed by atoms with Crippen molar-refractivity contribution in [3.63, 3.8) is 0 Å². The summed E-state index contributed by atoms with van der Waals surface area (Å²) < 4.78 is 7.41. The van der Waals surface area contributed by atoms with Crippen molar-refractivity contribution < 1.29 is 4.74 Å². The van der Waals surface area contributed by atoms with Crippen LogP contribution in [0.25, 0.3) is 10.9 Å². The zero-order chi connectivity index (χ0) is 13.2. The topological polar surface area (TPSA) is 27.1 Å². The maximum Gasteiger partial charge on any atom is 0.121 e. The zero-order valence-corrected chi connectivity index (χ0v) is 12.8. The number of benzene rings is 1. The second-order valence-corrected chi connectivity index (χ2v) is 6.01. The molecule has 0 unspecified atom stereocenters. The molecular weight excluding hydrogens is 304 g/mol. The number of fused-ring (bicyclic) bond motifs is 1. The number of methoxy groups -OCH3 is 1. The molecule has 1 aliphatic carbocycles. The van der Waals surface area contributed by atoms with E-state index in [1.807, 2.05) is 12.1 Å². The molecule has 1 heterocycles. The molecule has 1 aromatic heterocycles. The monoisotopic (exact) mass is 322 g/mol. The summed E-state index contributed by atoms with van der Waals surface area (Å²) in [5.74, 6) is 1.72. The Hall–Kier alpha value is -1.03. The lowest BCUT2D eigenvalue weighted by Crippen LogP contribution is -2.19. The van der Waals surface area contributed by atoms with Gasteiger partial charge in [-0.3, -0.25) is 4.68 Å². The van der Waals surface area contributed by atoms with Gasteiger partial charge in [0.25, 0.3) is 0 Å². The van der Waals surface area contributed by atoms with E-state index in [9.17, 15) is 0 Å². The van der Waals surface area contributed by atoms with Gasteiger partial charge in [0.15, 0.2) is 0 Å². The van der Waals surface area contributed by atoms with E-state index in [1.54, 1.807) is 7.11 Å². The molecule has 0 N–H and O–H groups in total. The minimum atomic E-state index is 0.564. The molecule has 0 spiro atoms. The molecule has 0 bridgehead atoms. The van der Waals surface area contributed by atoms with Gasteiger partial charge in [0, 0.05) is 23.0 Å². The normalized spacial score (nSPS) is 23.7. The van der Waals surface area contributed by atoms with E-state index in [2.05, 4.69) is 32.9 Å². The Morgan fingerprint density at radius 1 is 1.32 bits per heavy atom. The second-order valence-electron chi connectivity index (χ2n) is 5.36. The van der Waals surface area contributed by atoms with Crippen LogP contribution >= 0.6 is 15.9 Å². The van der Waals surface area contributed by atoms with E-state index in [1.165, 1.54) is 31.1 Å². The van der Waals surface area contributed by atoms with Crippen molar-refractivity contribution in [3.05, 3.63) is 24.4 Å². The molecule has 0 aliphatic heterocycles. The average Bonchev–Trinajstić information content (AvgIpc) is 2.90. The van der Waals surface area contributed by atoms with Crippen molar-refractivity contribution >= 4 is 26.8 Å². The number of alkyl halides is 1. The lowest BCUT2D eigenvalue weighted by Gasteiger charge is -2.27. The van der Waals surface area contributed by atoms with Gasteiger partial charge in [-0.05, 0) is 43.7 Å². The lowest BCUT2D eigenvalue weighted by molar-refractivity contribution is 0.279. The van der Waals surface area contributed by atoms with E-state index < -0.39 is 0 Å². The van der Waals surface area contributed by atoms with Crippen molar-refractivity contribution in [1.82, 2.24) is 9.78 Å². The molecule has 0 amide bonds. The largest absolute Gasteiger partial charge is 0.497 e. The van der Waals surface area contributed by atoms with E-state index >= 15 is 0 Å². The van der Waals surface area contributed by atoms with Crippen LogP contribution in [0.15, 0.2) is 24.4 Å². The fourth-order valence-corrected chi connectivity index (χ4v) is 3.54. The van der Waals surface area contributed by atoms with Crippen LogP contribution in [0.3, 0.4) is 0 Å². The fourth-order valence-electron chi connectivity index (χ4n) is 2.89. The van der Waals surface area contributed by atoms with E-state index in [0.717, 1.165) is 22.5 Å². The smallest absolute Gasteiger partial charge is 0.121 e. The highest BCUT2D eigenvalue weighted by molar-refractivity contribution is 9.09. The van der Waals surface area contributed by atoms with E-state index in [0.29, 0.717) is 6.04 Å². The number of hydrogen-bond donors (Lipinski definition) is 0. The van der Waals surface area contributed by atoms with Crippen LogP contribution in [0.5, 0.6) is 5.75 Å². The molecule has 1 saturated carbocycles. The Morgan fingerprint density at radius 3 is 2.79 bits per heavy atom. The van der Waals surface area contributed by atoms with Gasteiger partial charge in [-0.2, -0.15) is 5.10 Å². The molecular formula is C15H19BrN2O. The number of ether oxygens (including phenoxy) is 1. The van der Waals surface area contributed by atoms with Crippen LogP contribution < -0.4 is 4.74 Å². The number of aromatic nitrogens is 2. The minimum absolute atomic E-state index is 0.564. The van der Waals surface area contributed by atoms with Crippen LogP contribution in [-0.4, -0.2) is 22.2 Å². The first kappa shape index (κ1) is 13.0. The van der Waals surface area contributed by atoms with Crippen molar-refractivity contribution in [1.29, 1.82) is 0 Å². The average molecular weight is 323 g/mol. The van der Waals surface area contributed by atoms with Crippen molar-refractivity contribution in [2.45, 2.75) is 31.7 Å². The van der Waals surface area contributed by atoms with Gasteiger partial charge in [-0.15, -0.1) is 0 Å². The SMILES string of the molecule is COc1ccc2cn(C3CCC(CBr)CC3)nc2c1. The first-order valence-electron chi connectivity index (χ1n) is 6.89. The maximum atomic E-state index is 5.25. The molecule has 1 aliphatic rings. The third-order valence-electron chi connectivity index (χ3n) is 4.14. The molecule has 4 heteroatoms. The molecule has 0 atom stereocenters. The molecule has 3 nitrogen and oxygen atoms in total. The highest BCUT2D eigenvalue weighted by atomic mass is 79.9. The Labute approximate surface area is 122 Å². The summed E-state index contributed by atoms with van der Waals surface area (Å²) in [6.45, 7) is 0. The molecule has 3 rings (SSSR count). The predicted molar refractivity (Wildman–Crippen MR) is 81.1 cm³/mol. The van der Waals surface area contributed by atoms with Gasteiger partial charge < -0.3 is 4.74 Å². The van der Waals surface area contributed by atoms with Gasteiger partial charge in [-0.25, -0.2) is 0 Å². The number of nitrogens with zero attached hydrogens (tertiary/aromatic N) is 2. The second kappa shape index (κ2) is 5.53. The number of rotatable bonds is 3. The van der Waals surface area contributed by atoms with E-state index in [4.69, 9.17) is 9.84 Å². The van der Waals surface area contributed by atoms with Crippen LogP contribution in [0.4, 0.5) is 0 Å². The van der Waals surface area contributed by atoms with Crippen molar-refractivity contribution in [3.8, 4) is 5.75 Å². The van der Waals surface area contributed by atoms with Gasteiger partial charge in [0.1, 0.15) is 5.75 Å². The van der Waals surface area contributed by atoms with Gasteiger partial charge in [-0.1, -0.05) is 15.9 Å². The highest BCUT2D eigenvalue weighted by Gasteiger charge is 2.22. The summed E-state index contributed by atoms with van der Waals surface area (Å²) in [5.41, 5.74) is 1.03. The first-order valence-corrected chi connectivity index (χ1v) is 8.01. The van der Waals surface area contributed by atoms with Crippen molar-refractivity contribution in [2.75, 3.05) is 12.4 Å². The Kier molecular flexibility index (Phi) is 3.78. The molecule has 19 heavy (non-hydrogen) atoms. The Balaban J connectivity index is 1.81. The van der Waals surface area contributed by atoms with Crippen LogP contribution in [0.2, 0.25) is 0 Å². The van der Waals surface area contributed by atoms with E-state index in [-0.39, 0.29) is 0 Å². The quantitative estimate of drug-likeness (QED) is 0.793. The number of hydrogen-bond acceptors (Lipinski definition) is 2. The zero-order valence-electron chi connectivity index (χ0n) is 11.2. The minimum Gasteiger partial charge on any atom is -0.497 e. The summed E-state index contributed by atoms with van der Waals surface area (Å²) >= 11 is 3.59. The van der Waals surface area contributed by atoms with Crippen LogP contribution in [0.1, 0.15) is 31.7 Å². The molecule has 0 radical (unpaired) electrons. The lowest BCUT2D eigenvalue weighted by atomic mass is 9.87. The first-order chi connectivity index (χ1) is 9.30. The standard InChI is InChI=1S/C15H19BrN2O/c1-19-14-7-4-12-10-18(17-15(12)8-14)13-5-2-11(9-16)3-6-13/h4,7-8,10-11,13H,2-3,5-6,9H2,1H3. The fraction of sp³-hybridized carbons (Fsp3) is 0.533. The van der Waals surface area contributed by atoms with Crippen LogP contribution in [0, 0.1) is 5.92 Å².